The van der Waals surface area contributed by atoms with Gasteiger partial charge in [0.1, 0.15) is 15.8 Å². The molecule has 3 heterocycles. The first-order chi connectivity index (χ1) is 15.3. The van der Waals surface area contributed by atoms with Crippen LogP contribution in [0, 0.1) is 0 Å². The summed E-state index contributed by atoms with van der Waals surface area (Å²) in [6.07, 6.45) is -2.04. The maximum atomic E-state index is 13.0. The second-order valence-corrected chi connectivity index (χ2v) is 9.10. The van der Waals surface area contributed by atoms with Crippen molar-refractivity contribution in [2.24, 2.45) is 0 Å². The maximum absolute atomic E-state index is 13.0. The van der Waals surface area contributed by atoms with E-state index in [4.69, 9.17) is 21.4 Å². The van der Waals surface area contributed by atoms with E-state index in [1.54, 1.807) is 29.2 Å². The van der Waals surface area contributed by atoms with Crippen molar-refractivity contribution in [2.45, 2.75) is 12.6 Å². The van der Waals surface area contributed by atoms with Crippen LogP contribution in [0.25, 0.3) is 17.4 Å². The van der Waals surface area contributed by atoms with Gasteiger partial charge in [-0.25, -0.2) is 0 Å². The first-order valence-electron chi connectivity index (χ1n) is 10.1. The second-order valence-electron chi connectivity index (χ2n) is 7.42. The number of furan rings is 1. The quantitative estimate of drug-likeness (QED) is 0.432. The fourth-order valence-corrected chi connectivity index (χ4v) is 4.82. The monoisotopic (exact) mass is 482 g/mol. The molecule has 10 heteroatoms. The average molecular weight is 483 g/mol. The van der Waals surface area contributed by atoms with Gasteiger partial charge in [0, 0.05) is 37.8 Å². The van der Waals surface area contributed by atoms with E-state index < -0.39 is 11.7 Å². The van der Waals surface area contributed by atoms with Gasteiger partial charge in [-0.2, -0.15) is 13.2 Å². The van der Waals surface area contributed by atoms with Gasteiger partial charge in [0.2, 0.25) is 0 Å². The molecule has 2 fully saturated rings. The number of nitrogens with zero attached hydrogens (tertiary/aromatic N) is 2. The van der Waals surface area contributed by atoms with Crippen LogP contribution in [0.4, 0.5) is 13.2 Å². The molecule has 0 saturated carbocycles. The number of halogens is 3. The van der Waals surface area contributed by atoms with Crippen LogP contribution in [0.3, 0.4) is 0 Å². The molecule has 0 spiro atoms. The first-order valence-corrected chi connectivity index (χ1v) is 11.4. The smallest absolute Gasteiger partial charge is 0.416 e. The number of hydrogen-bond donors (Lipinski definition) is 0. The Morgan fingerprint density at radius 3 is 2.66 bits per heavy atom. The van der Waals surface area contributed by atoms with Crippen LogP contribution in [-0.2, 0) is 15.7 Å². The van der Waals surface area contributed by atoms with E-state index in [-0.39, 0.29) is 5.91 Å². The summed E-state index contributed by atoms with van der Waals surface area (Å²) < 4.78 is 50.4. The van der Waals surface area contributed by atoms with Crippen LogP contribution in [0.1, 0.15) is 17.7 Å². The number of ether oxygens (including phenoxy) is 1. The van der Waals surface area contributed by atoms with Gasteiger partial charge in [-0.15, -0.1) is 0 Å². The van der Waals surface area contributed by atoms with Crippen molar-refractivity contribution in [2.75, 3.05) is 39.4 Å². The third-order valence-electron chi connectivity index (χ3n) is 5.21. The van der Waals surface area contributed by atoms with Crippen molar-refractivity contribution in [3.05, 3.63) is 52.6 Å². The molecule has 0 atom stereocenters. The van der Waals surface area contributed by atoms with Crippen molar-refractivity contribution >= 4 is 40.3 Å². The third-order valence-corrected chi connectivity index (χ3v) is 6.59. The van der Waals surface area contributed by atoms with E-state index in [9.17, 15) is 18.0 Å². The van der Waals surface area contributed by atoms with Crippen LogP contribution in [0.5, 0.6) is 0 Å². The Bertz CT molecular complexity index is 1030. The Balaban J connectivity index is 1.41. The third kappa shape index (κ3) is 5.43. The highest BCUT2D eigenvalue weighted by Gasteiger charge is 2.32. The Hall–Kier alpha value is -2.14. The Kier molecular flexibility index (Phi) is 7.04. The zero-order chi connectivity index (χ0) is 22.7. The molecule has 0 N–H and O–H groups in total. The molecule has 32 heavy (non-hydrogen) atoms. The summed E-state index contributed by atoms with van der Waals surface area (Å²) in [7, 11) is 0. The number of alkyl halides is 3. The number of rotatable bonds is 6. The minimum atomic E-state index is -4.43. The van der Waals surface area contributed by atoms with E-state index >= 15 is 0 Å². The number of morpholine rings is 1. The standard InChI is InChI=1S/C22H21F3N2O3S2/c23-22(24,25)16-4-1-3-15(13-16)18-6-5-17(30-18)14-19-20(28)27(21(31)32-19)8-2-7-26-9-11-29-12-10-26/h1,3-6,13-14H,2,7-12H2. The molecule has 0 aliphatic carbocycles. The number of carbonyl (C=O) groups is 1. The number of thiocarbonyl (C=S) groups is 1. The number of carbonyl (C=O) groups excluding carboxylic acids is 1. The van der Waals surface area contributed by atoms with Gasteiger partial charge < -0.3 is 9.15 Å². The lowest BCUT2D eigenvalue weighted by atomic mass is 10.1. The van der Waals surface area contributed by atoms with Crippen LogP contribution in [0.2, 0.25) is 0 Å². The molecule has 0 unspecified atom stereocenters. The van der Waals surface area contributed by atoms with Gasteiger partial charge >= 0.3 is 6.18 Å². The highest BCUT2D eigenvalue weighted by molar-refractivity contribution is 8.26. The molecule has 0 radical (unpaired) electrons. The van der Waals surface area contributed by atoms with E-state index in [1.165, 1.54) is 17.8 Å². The molecular weight excluding hydrogens is 461 g/mol. The normalized spacial score (nSPS) is 19.3. The molecule has 2 saturated heterocycles. The molecular formula is C22H21F3N2O3S2. The molecule has 170 valence electrons. The van der Waals surface area contributed by atoms with Gasteiger partial charge in [0.05, 0.1) is 23.7 Å². The molecule has 1 aromatic carbocycles. The van der Waals surface area contributed by atoms with Crippen LogP contribution in [0.15, 0.2) is 45.7 Å². The summed E-state index contributed by atoms with van der Waals surface area (Å²) in [5, 5.41) is 0. The van der Waals surface area contributed by atoms with Crippen LogP contribution < -0.4 is 0 Å². The van der Waals surface area contributed by atoms with Gasteiger partial charge in [-0.3, -0.25) is 14.6 Å². The molecule has 4 rings (SSSR count). The molecule has 0 bridgehead atoms. The highest BCUT2D eigenvalue weighted by Crippen LogP contribution is 2.35. The fraction of sp³-hybridized carbons (Fsp3) is 0.364. The summed E-state index contributed by atoms with van der Waals surface area (Å²) in [5.74, 6) is 0.494. The molecule has 2 aliphatic rings. The second kappa shape index (κ2) is 9.78. The molecule has 5 nitrogen and oxygen atoms in total. The molecule has 2 aliphatic heterocycles. The Morgan fingerprint density at radius 1 is 1.12 bits per heavy atom. The van der Waals surface area contributed by atoms with Crippen molar-refractivity contribution < 1.29 is 27.1 Å². The summed E-state index contributed by atoms with van der Waals surface area (Å²) in [4.78, 5) is 17.1. The lowest BCUT2D eigenvalue weighted by Gasteiger charge is -2.27. The number of hydrogen-bond acceptors (Lipinski definition) is 6. The van der Waals surface area contributed by atoms with Gasteiger partial charge in [-0.05, 0) is 30.7 Å². The van der Waals surface area contributed by atoms with Crippen molar-refractivity contribution in [1.29, 1.82) is 0 Å². The SMILES string of the molecule is O=C1C(=Cc2ccc(-c3cccc(C(F)(F)F)c3)o2)SC(=S)N1CCCN1CCOCC1. The predicted octanol–water partition coefficient (Wildman–Crippen LogP) is 4.89. The molecule has 1 aromatic heterocycles. The maximum Gasteiger partial charge on any atom is 0.416 e. The summed E-state index contributed by atoms with van der Waals surface area (Å²) in [6, 6.07) is 8.15. The minimum absolute atomic E-state index is 0.181. The topological polar surface area (TPSA) is 45.9 Å². The highest BCUT2D eigenvalue weighted by atomic mass is 32.2. The largest absolute Gasteiger partial charge is 0.457 e. The molecule has 1 amide bonds. The van der Waals surface area contributed by atoms with E-state index in [1.807, 2.05) is 0 Å². The zero-order valence-electron chi connectivity index (χ0n) is 17.1. The Labute approximate surface area is 193 Å². The number of benzene rings is 1. The fourth-order valence-electron chi connectivity index (χ4n) is 3.53. The van der Waals surface area contributed by atoms with Crippen molar-refractivity contribution in [3.63, 3.8) is 0 Å². The van der Waals surface area contributed by atoms with Gasteiger partial charge in [0.15, 0.2) is 0 Å². The zero-order valence-corrected chi connectivity index (χ0v) is 18.7. The van der Waals surface area contributed by atoms with Crippen molar-refractivity contribution in [3.8, 4) is 11.3 Å². The van der Waals surface area contributed by atoms with E-state index in [2.05, 4.69) is 4.90 Å². The van der Waals surface area contributed by atoms with Crippen molar-refractivity contribution in [1.82, 2.24) is 9.80 Å². The first kappa shape index (κ1) is 23.0. The Morgan fingerprint density at radius 2 is 1.91 bits per heavy atom. The minimum Gasteiger partial charge on any atom is -0.457 e. The van der Waals surface area contributed by atoms with Crippen LogP contribution in [-0.4, -0.2) is 59.4 Å². The average Bonchev–Trinajstić information content (AvgIpc) is 3.34. The van der Waals surface area contributed by atoms with E-state index in [0.717, 1.165) is 51.4 Å². The molecule has 2 aromatic rings. The summed E-state index contributed by atoms with van der Waals surface area (Å²) >= 11 is 6.57. The summed E-state index contributed by atoms with van der Waals surface area (Å²) in [6.45, 7) is 4.66. The summed E-state index contributed by atoms with van der Waals surface area (Å²) in [5.41, 5.74) is -0.430. The van der Waals surface area contributed by atoms with Crippen LogP contribution >= 0.6 is 24.0 Å². The number of amides is 1. The lowest BCUT2D eigenvalue weighted by molar-refractivity contribution is -0.137. The van der Waals surface area contributed by atoms with E-state index in [0.29, 0.717) is 32.9 Å². The number of thioether (sulfide) groups is 1. The predicted molar refractivity (Wildman–Crippen MR) is 121 cm³/mol. The van der Waals surface area contributed by atoms with Gasteiger partial charge in [0.25, 0.3) is 5.91 Å². The van der Waals surface area contributed by atoms with Gasteiger partial charge in [-0.1, -0.05) is 36.1 Å². The lowest BCUT2D eigenvalue weighted by Crippen LogP contribution is -2.38.